The Morgan fingerprint density at radius 1 is 1.10 bits per heavy atom. The lowest BCUT2D eigenvalue weighted by atomic mass is 9.87. The van der Waals surface area contributed by atoms with E-state index in [1.165, 1.54) is 11.1 Å². The van der Waals surface area contributed by atoms with Gasteiger partial charge in [0.2, 0.25) is 0 Å². The van der Waals surface area contributed by atoms with Crippen LogP contribution in [0.4, 0.5) is 5.69 Å². The van der Waals surface area contributed by atoms with E-state index in [1.807, 2.05) is 0 Å². The highest BCUT2D eigenvalue weighted by atomic mass is 16.3. The van der Waals surface area contributed by atoms with Crippen molar-refractivity contribution in [1.29, 1.82) is 0 Å². The molecule has 2 aromatic rings. The number of nitrogens with zero attached hydrogens (tertiary/aromatic N) is 1. The van der Waals surface area contributed by atoms with Crippen LogP contribution in [0.5, 0.6) is 5.75 Å². The predicted octanol–water partition coefficient (Wildman–Crippen LogP) is 4.01. The molecule has 0 fully saturated rings. The largest absolute Gasteiger partial charge is 0.504 e. The average molecular weight is 270 g/mol. The van der Waals surface area contributed by atoms with Crippen LogP contribution in [0.1, 0.15) is 37.6 Å². The summed E-state index contributed by atoms with van der Waals surface area (Å²) in [6.07, 6.45) is 1.69. The van der Waals surface area contributed by atoms with Gasteiger partial charge in [0, 0.05) is 12.7 Å². The number of aromatic hydroxyl groups is 1. The van der Waals surface area contributed by atoms with Crippen LogP contribution in [-0.2, 0) is 12.0 Å². The van der Waals surface area contributed by atoms with Crippen molar-refractivity contribution in [3.05, 3.63) is 53.3 Å². The van der Waals surface area contributed by atoms with Gasteiger partial charge in [-0.15, -0.1) is 0 Å². The van der Waals surface area contributed by atoms with Gasteiger partial charge in [0.1, 0.15) is 0 Å². The summed E-state index contributed by atoms with van der Waals surface area (Å²) < 4.78 is 0. The Bertz CT molecular complexity index is 583. The maximum atomic E-state index is 9.90. The van der Waals surface area contributed by atoms with Crippen LogP contribution >= 0.6 is 0 Å². The standard InChI is InChI=1S/C17H22N2O/c1-12-16(20)15(9-10-18-12)19-11-13-5-7-14(8-6-13)17(2,3)4/h5-10,20H,11H2,1-4H3,(H,18,19). The van der Waals surface area contributed by atoms with Crippen LogP contribution in [-0.4, -0.2) is 10.1 Å². The van der Waals surface area contributed by atoms with Gasteiger partial charge in [-0.25, -0.2) is 0 Å². The maximum Gasteiger partial charge on any atom is 0.160 e. The van der Waals surface area contributed by atoms with Crippen molar-refractivity contribution >= 4 is 5.69 Å². The number of anilines is 1. The zero-order valence-electron chi connectivity index (χ0n) is 12.6. The minimum absolute atomic E-state index is 0.173. The Labute approximate surface area is 120 Å². The van der Waals surface area contributed by atoms with Gasteiger partial charge in [0.15, 0.2) is 5.75 Å². The molecule has 2 rings (SSSR count). The Morgan fingerprint density at radius 3 is 2.35 bits per heavy atom. The quantitative estimate of drug-likeness (QED) is 0.886. The molecule has 20 heavy (non-hydrogen) atoms. The van der Waals surface area contributed by atoms with Crippen molar-refractivity contribution in [2.45, 2.75) is 39.7 Å². The van der Waals surface area contributed by atoms with E-state index in [0.717, 1.165) is 5.69 Å². The van der Waals surface area contributed by atoms with E-state index in [-0.39, 0.29) is 11.2 Å². The lowest BCUT2D eigenvalue weighted by molar-refractivity contribution is 0.469. The third-order valence-corrected chi connectivity index (χ3v) is 3.41. The van der Waals surface area contributed by atoms with Gasteiger partial charge in [0.05, 0.1) is 11.4 Å². The molecule has 3 heteroatoms. The first-order valence-electron chi connectivity index (χ1n) is 6.86. The van der Waals surface area contributed by atoms with Crippen LogP contribution in [0, 0.1) is 6.92 Å². The summed E-state index contributed by atoms with van der Waals surface area (Å²) in [4.78, 5) is 4.04. The number of aromatic nitrogens is 1. The van der Waals surface area contributed by atoms with Crippen molar-refractivity contribution in [3.8, 4) is 5.75 Å². The summed E-state index contributed by atoms with van der Waals surface area (Å²) in [6, 6.07) is 10.4. The van der Waals surface area contributed by atoms with Crippen molar-refractivity contribution in [2.24, 2.45) is 0 Å². The molecule has 0 aliphatic rings. The molecule has 3 nitrogen and oxygen atoms in total. The summed E-state index contributed by atoms with van der Waals surface area (Å²) >= 11 is 0. The third-order valence-electron chi connectivity index (χ3n) is 3.41. The van der Waals surface area contributed by atoms with Crippen molar-refractivity contribution in [2.75, 3.05) is 5.32 Å². The number of nitrogens with one attached hydrogen (secondary N) is 1. The van der Waals surface area contributed by atoms with Gasteiger partial charge >= 0.3 is 0 Å². The Balaban J connectivity index is 2.06. The molecule has 0 bridgehead atoms. The Morgan fingerprint density at radius 2 is 1.75 bits per heavy atom. The molecule has 0 spiro atoms. The van der Waals surface area contributed by atoms with E-state index < -0.39 is 0 Å². The Kier molecular flexibility index (Phi) is 3.98. The first-order chi connectivity index (χ1) is 9.38. The van der Waals surface area contributed by atoms with Crippen LogP contribution in [0.15, 0.2) is 36.5 Å². The van der Waals surface area contributed by atoms with Gasteiger partial charge in [0.25, 0.3) is 0 Å². The Hall–Kier alpha value is -2.03. The van der Waals surface area contributed by atoms with Gasteiger partial charge in [-0.3, -0.25) is 4.98 Å². The topological polar surface area (TPSA) is 45.2 Å². The van der Waals surface area contributed by atoms with E-state index in [4.69, 9.17) is 0 Å². The number of benzene rings is 1. The normalized spacial score (nSPS) is 11.4. The maximum absolute atomic E-state index is 9.90. The highest BCUT2D eigenvalue weighted by Gasteiger charge is 2.12. The molecule has 106 valence electrons. The average Bonchev–Trinajstić information content (AvgIpc) is 2.40. The first-order valence-corrected chi connectivity index (χ1v) is 6.86. The molecule has 0 saturated heterocycles. The highest BCUT2D eigenvalue weighted by molar-refractivity contribution is 5.56. The highest BCUT2D eigenvalue weighted by Crippen LogP contribution is 2.26. The second-order valence-corrected chi connectivity index (χ2v) is 6.09. The zero-order chi connectivity index (χ0) is 14.8. The molecular weight excluding hydrogens is 248 g/mol. The summed E-state index contributed by atoms with van der Waals surface area (Å²) in [5, 5.41) is 13.1. The molecule has 0 unspecified atom stereocenters. The van der Waals surface area contributed by atoms with E-state index in [9.17, 15) is 5.11 Å². The second-order valence-electron chi connectivity index (χ2n) is 6.09. The van der Waals surface area contributed by atoms with E-state index in [0.29, 0.717) is 12.2 Å². The van der Waals surface area contributed by atoms with Gasteiger partial charge in [-0.2, -0.15) is 0 Å². The molecule has 0 saturated carbocycles. The van der Waals surface area contributed by atoms with Crippen molar-refractivity contribution in [1.82, 2.24) is 4.98 Å². The molecule has 0 atom stereocenters. The predicted molar refractivity (Wildman–Crippen MR) is 83.1 cm³/mol. The molecule has 2 N–H and O–H groups in total. The molecule has 1 aromatic heterocycles. The van der Waals surface area contributed by atoms with Gasteiger partial charge in [-0.1, -0.05) is 45.0 Å². The second kappa shape index (κ2) is 5.53. The number of hydrogen-bond donors (Lipinski definition) is 2. The van der Waals surface area contributed by atoms with Crippen LogP contribution in [0.2, 0.25) is 0 Å². The summed E-state index contributed by atoms with van der Waals surface area (Å²) in [6.45, 7) is 9.09. The third kappa shape index (κ3) is 3.29. The van der Waals surface area contributed by atoms with E-state index in [1.54, 1.807) is 19.2 Å². The molecule has 0 radical (unpaired) electrons. The monoisotopic (exact) mass is 270 g/mol. The molecular formula is C17H22N2O. The number of aryl methyl sites for hydroxylation is 1. The molecule has 0 amide bonds. The smallest absolute Gasteiger partial charge is 0.160 e. The van der Waals surface area contributed by atoms with E-state index in [2.05, 4.69) is 55.3 Å². The lowest BCUT2D eigenvalue weighted by Gasteiger charge is -2.19. The molecule has 1 heterocycles. The molecule has 0 aliphatic heterocycles. The molecule has 0 aliphatic carbocycles. The number of hydrogen-bond acceptors (Lipinski definition) is 3. The van der Waals surface area contributed by atoms with Crippen molar-refractivity contribution < 1.29 is 5.11 Å². The summed E-state index contributed by atoms with van der Waals surface area (Å²) in [5.41, 5.74) is 4.04. The first kappa shape index (κ1) is 14.4. The number of rotatable bonds is 3. The fourth-order valence-corrected chi connectivity index (χ4v) is 2.02. The number of pyridine rings is 1. The van der Waals surface area contributed by atoms with Crippen LogP contribution < -0.4 is 5.32 Å². The lowest BCUT2D eigenvalue weighted by Crippen LogP contribution is -2.11. The van der Waals surface area contributed by atoms with Crippen LogP contribution in [0.25, 0.3) is 0 Å². The fraction of sp³-hybridized carbons (Fsp3) is 0.353. The SMILES string of the molecule is Cc1nccc(NCc2ccc(C(C)(C)C)cc2)c1O. The molecule has 1 aromatic carbocycles. The van der Waals surface area contributed by atoms with E-state index >= 15 is 0 Å². The summed E-state index contributed by atoms with van der Waals surface area (Å²) in [5.74, 6) is 0.221. The summed E-state index contributed by atoms with van der Waals surface area (Å²) in [7, 11) is 0. The minimum Gasteiger partial charge on any atom is -0.504 e. The fourth-order valence-electron chi connectivity index (χ4n) is 2.02. The van der Waals surface area contributed by atoms with Gasteiger partial charge < -0.3 is 10.4 Å². The zero-order valence-corrected chi connectivity index (χ0v) is 12.6. The van der Waals surface area contributed by atoms with Crippen LogP contribution in [0.3, 0.4) is 0 Å². The van der Waals surface area contributed by atoms with Crippen molar-refractivity contribution in [3.63, 3.8) is 0 Å². The minimum atomic E-state index is 0.173. The van der Waals surface area contributed by atoms with Gasteiger partial charge in [-0.05, 0) is 29.5 Å².